The highest BCUT2D eigenvalue weighted by molar-refractivity contribution is 5.59. The number of nitrogens with one attached hydrogen (secondary N) is 1. The van der Waals surface area contributed by atoms with Crippen LogP contribution in [0.3, 0.4) is 0 Å². The van der Waals surface area contributed by atoms with E-state index in [0.717, 1.165) is 18.7 Å². The van der Waals surface area contributed by atoms with Crippen molar-refractivity contribution in [1.82, 2.24) is 15.0 Å². The van der Waals surface area contributed by atoms with Crippen molar-refractivity contribution >= 4 is 5.69 Å². The van der Waals surface area contributed by atoms with Crippen molar-refractivity contribution in [3.63, 3.8) is 0 Å². The fourth-order valence-corrected chi connectivity index (χ4v) is 1.78. The number of nitrogens with zero attached hydrogens (tertiary/aromatic N) is 3. The monoisotopic (exact) mass is 186 g/mol. The molecule has 1 aliphatic heterocycles. The summed E-state index contributed by atoms with van der Waals surface area (Å²) in [7, 11) is 0. The van der Waals surface area contributed by atoms with E-state index < -0.39 is 0 Å². The molecule has 3 rings (SSSR count). The van der Waals surface area contributed by atoms with Crippen LogP contribution in [0.15, 0.2) is 30.6 Å². The average molecular weight is 186 g/mol. The minimum absolute atomic E-state index is 1.04. The van der Waals surface area contributed by atoms with Crippen molar-refractivity contribution in [2.24, 2.45) is 0 Å². The van der Waals surface area contributed by atoms with Gasteiger partial charge in [-0.05, 0) is 30.2 Å². The summed E-state index contributed by atoms with van der Waals surface area (Å²) >= 11 is 0. The lowest BCUT2D eigenvalue weighted by atomic mass is 10.1. The third-order valence-electron chi connectivity index (χ3n) is 2.49. The quantitative estimate of drug-likeness (QED) is 0.728. The number of rotatable bonds is 1. The number of aromatic nitrogens is 3. The molecular formula is C10H10N4. The molecule has 0 atom stereocenters. The predicted molar refractivity (Wildman–Crippen MR) is 53.6 cm³/mol. The molecule has 1 aromatic carbocycles. The lowest BCUT2D eigenvalue weighted by Crippen LogP contribution is -1.95. The second-order valence-electron chi connectivity index (χ2n) is 3.37. The van der Waals surface area contributed by atoms with Gasteiger partial charge >= 0.3 is 0 Å². The SMILES string of the molecule is c1cn(-c2ccc3c(c2)CCN3)nn1. The first-order valence-corrected chi connectivity index (χ1v) is 4.67. The van der Waals surface area contributed by atoms with Gasteiger partial charge in [-0.15, -0.1) is 5.10 Å². The Morgan fingerprint density at radius 1 is 1.36 bits per heavy atom. The molecule has 1 N–H and O–H groups in total. The molecule has 0 saturated heterocycles. The van der Waals surface area contributed by atoms with E-state index in [-0.39, 0.29) is 0 Å². The van der Waals surface area contributed by atoms with Gasteiger partial charge in [0, 0.05) is 12.2 Å². The van der Waals surface area contributed by atoms with Crippen molar-refractivity contribution in [2.75, 3.05) is 11.9 Å². The van der Waals surface area contributed by atoms with Crippen LogP contribution in [-0.2, 0) is 6.42 Å². The normalized spacial score (nSPS) is 13.7. The highest BCUT2D eigenvalue weighted by Crippen LogP contribution is 2.24. The van der Waals surface area contributed by atoms with Crippen LogP contribution < -0.4 is 5.32 Å². The number of hydrogen-bond donors (Lipinski definition) is 1. The molecule has 0 radical (unpaired) electrons. The van der Waals surface area contributed by atoms with Crippen molar-refractivity contribution in [3.05, 3.63) is 36.2 Å². The lowest BCUT2D eigenvalue weighted by molar-refractivity contribution is 0.802. The standard InChI is InChI=1S/C10H10N4/c1-2-10-8(3-4-11-10)7-9(1)14-6-5-12-13-14/h1-2,5-7,11H,3-4H2. The molecule has 0 amide bonds. The molecule has 1 aromatic heterocycles. The molecule has 0 spiro atoms. The first kappa shape index (κ1) is 7.55. The van der Waals surface area contributed by atoms with Gasteiger partial charge in [0.2, 0.25) is 0 Å². The van der Waals surface area contributed by atoms with Crippen molar-refractivity contribution in [3.8, 4) is 5.69 Å². The summed E-state index contributed by atoms with van der Waals surface area (Å²) in [6.07, 6.45) is 4.63. The van der Waals surface area contributed by atoms with Gasteiger partial charge in [-0.25, -0.2) is 4.68 Å². The Morgan fingerprint density at radius 3 is 3.21 bits per heavy atom. The average Bonchev–Trinajstić information content (AvgIpc) is 2.88. The third-order valence-corrected chi connectivity index (χ3v) is 2.49. The van der Waals surface area contributed by atoms with Crippen LogP contribution in [0.4, 0.5) is 5.69 Å². The van der Waals surface area contributed by atoms with Gasteiger partial charge in [0.15, 0.2) is 0 Å². The third kappa shape index (κ3) is 1.08. The zero-order valence-electron chi connectivity index (χ0n) is 7.64. The fraction of sp³-hybridized carbons (Fsp3) is 0.200. The van der Waals surface area contributed by atoms with Crippen LogP contribution in [0.25, 0.3) is 5.69 Å². The first-order chi connectivity index (χ1) is 6.93. The Hall–Kier alpha value is -1.84. The van der Waals surface area contributed by atoms with E-state index in [4.69, 9.17) is 0 Å². The molecule has 4 heteroatoms. The van der Waals surface area contributed by atoms with Crippen LogP contribution in [0, 0.1) is 0 Å². The molecular weight excluding hydrogens is 176 g/mol. The second kappa shape index (κ2) is 2.83. The Bertz CT molecular complexity index is 447. The van der Waals surface area contributed by atoms with E-state index in [1.54, 1.807) is 10.9 Å². The molecule has 2 aromatic rings. The van der Waals surface area contributed by atoms with Crippen molar-refractivity contribution in [2.45, 2.75) is 6.42 Å². The maximum Gasteiger partial charge on any atom is 0.0697 e. The van der Waals surface area contributed by atoms with Crippen molar-refractivity contribution < 1.29 is 0 Å². The summed E-state index contributed by atoms with van der Waals surface area (Å²) in [5.41, 5.74) is 3.68. The van der Waals surface area contributed by atoms with Crippen LogP contribution >= 0.6 is 0 Å². The summed E-state index contributed by atoms with van der Waals surface area (Å²) in [6.45, 7) is 1.04. The molecule has 0 aliphatic carbocycles. The number of anilines is 1. The topological polar surface area (TPSA) is 42.7 Å². The van der Waals surface area contributed by atoms with Gasteiger partial charge in [0.25, 0.3) is 0 Å². The molecule has 14 heavy (non-hydrogen) atoms. The van der Waals surface area contributed by atoms with Gasteiger partial charge in [-0.1, -0.05) is 5.21 Å². The van der Waals surface area contributed by atoms with Crippen LogP contribution in [-0.4, -0.2) is 21.5 Å². The van der Waals surface area contributed by atoms with Crippen LogP contribution in [0.1, 0.15) is 5.56 Å². The van der Waals surface area contributed by atoms with E-state index in [0.29, 0.717) is 0 Å². The maximum absolute atomic E-state index is 3.96. The molecule has 0 fully saturated rings. The van der Waals surface area contributed by atoms with E-state index in [1.807, 2.05) is 12.3 Å². The van der Waals surface area contributed by atoms with Crippen LogP contribution in [0.5, 0.6) is 0 Å². The first-order valence-electron chi connectivity index (χ1n) is 4.67. The lowest BCUT2D eigenvalue weighted by Gasteiger charge is -2.03. The predicted octanol–water partition coefficient (Wildman–Crippen LogP) is 1.24. The zero-order chi connectivity index (χ0) is 9.38. The maximum atomic E-state index is 3.96. The second-order valence-corrected chi connectivity index (χ2v) is 3.37. The largest absolute Gasteiger partial charge is 0.384 e. The highest BCUT2D eigenvalue weighted by Gasteiger charge is 2.10. The van der Waals surface area contributed by atoms with Gasteiger partial charge in [-0.3, -0.25) is 0 Å². The fourth-order valence-electron chi connectivity index (χ4n) is 1.78. The molecule has 2 heterocycles. The summed E-state index contributed by atoms with van der Waals surface area (Å²) < 4.78 is 1.78. The molecule has 0 unspecified atom stereocenters. The Balaban J connectivity index is 2.09. The summed E-state index contributed by atoms with van der Waals surface area (Å²) in [5, 5.41) is 11.1. The van der Waals surface area contributed by atoms with E-state index >= 15 is 0 Å². The highest BCUT2D eigenvalue weighted by atomic mass is 15.4. The summed E-state index contributed by atoms with van der Waals surface area (Å²) in [5.74, 6) is 0. The minimum Gasteiger partial charge on any atom is -0.384 e. The molecule has 0 bridgehead atoms. The summed E-state index contributed by atoms with van der Waals surface area (Å²) in [6, 6.07) is 6.30. The Kier molecular flexibility index (Phi) is 1.53. The number of fused-ring (bicyclic) bond motifs is 1. The van der Waals surface area contributed by atoms with Gasteiger partial charge in [0.1, 0.15) is 0 Å². The smallest absolute Gasteiger partial charge is 0.0697 e. The molecule has 1 aliphatic rings. The van der Waals surface area contributed by atoms with Gasteiger partial charge in [-0.2, -0.15) is 0 Å². The van der Waals surface area contributed by atoms with E-state index in [2.05, 4.69) is 27.8 Å². The Labute approximate surface area is 81.6 Å². The van der Waals surface area contributed by atoms with Crippen molar-refractivity contribution in [1.29, 1.82) is 0 Å². The molecule has 4 nitrogen and oxygen atoms in total. The Morgan fingerprint density at radius 2 is 2.36 bits per heavy atom. The van der Waals surface area contributed by atoms with E-state index in [9.17, 15) is 0 Å². The minimum atomic E-state index is 1.04. The summed E-state index contributed by atoms with van der Waals surface area (Å²) in [4.78, 5) is 0. The van der Waals surface area contributed by atoms with Gasteiger partial charge < -0.3 is 5.32 Å². The zero-order valence-corrected chi connectivity index (χ0v) is 7.64. The van der Waals surface area contributed by atoms with Crippen LogP contribution in [0.2, 0.25) is 0 Å². The van der Waals surface area contributed by atoms with E-state index in [1.165, 1.54) is 11.3 Å². The molecule has 0 saturated carbocycles. The van der Waals surface area contributed by atoms with Gasteiger partial charge in [0.05, 0.1) is 18.1 Å². The molecule has 70 valence electrons. The number of benzene rings is 1. The number of hydrogen-bond acceptors (Lipinski definition) is 3.